The minimum absolute atomic E-state index is 0.0438. The number of hydrogen-bond acceptors (Lipinski definition) is 6. The highest BCUT2D eigenvalue weighted by molar-refractivity contribution is 8.15. The van der Waals surface area contributed by atoms with Crippen LogP contribution in [0, 0.1) is 0 Å². The molecule has 9 heteroatoms. The number of para-hydroxylation sites is 1. The van der Waals surface area contributed by atoms with E-state index in [-0.39, 0.29) is 23.4 Å². The summed E-state index contributed by atoms with van der Waals surface area (Å²) in [5.41, 5.74) is 1.32. The van der Waals surface area contributed by atoms with Crippen LogP contribution in [0.3, 0.4) is 0 Å². The summed E-state index contributed by atoms with van der Waals surface area (Å²) in [6.45, 7) is 0. The molecule has 144 valence electrons. The number of nitrogens with one attached hydrogen (secondary N) is 2. The summed E-state index contributed by atoms with van der Waals surface area (Å²) >= 11 is 7.20. The quantitative estimate of drug-likeness (QED) is 0.577. The molecule has 0 unspecified atom stereocenters. The largest absolute Gasteiger partial charge is 0.497 e. The highest BCUT2D eigenvalue weighted by Crippen LogP contribution is 2.25. The number of ether oxygens (including phenoxy) is 1. The van der Waals surface area contributed by atoms with Gasteiger partial charge in [0.25, 0.3) is 0 Å². The van der Waals surface area contributed by atoms with Gasteiger partial charge in [0.15, 0.2) is 5.17 Å². The second kappa shape index (κ2) is 9.38. The Morgan fingerprint density at radius 3 is 2.75 bits per heavy atom. The average molecular weight is 417 g/mol. The molecule has 0 radical (unpaired) electrons. The van der Waals surface area contributed by atoms with E-state index in [2.05, 4.69) is 20.8 Å². The molecular formula is C19H17ClN4O3S. The number of hydrogen-bond donors (Lipinski definition) is 2. The third-order valence-corrected chi connectivity index (χ3v) is 5.17. The summed E-state index contributed by atoms with van der Waals surface area (Å²) < 4.78 is 5.10. The van der Waals surface area contributed by atoms with Gasteiger partial charge in [-0.05, 0) is 42.0 Å². The normalized spacial score (nSPS) is 18.1. The maximum absolute atomic E-state index is 12.5. The van der Waals surface area contributed by atoms with E-state index in [4.69, 9.17) is 16.3 Å². The molecule has 0 aliphatic carbocycles. The summed E-state index contributed by atoms with van der Waals surface area (Å²) in [5.74, 6) is 0.127. The van der Waals surface area contributed by atoms with Crippen LogP contribution < -0.4 is 15.4 Å². The molecule has 2 amide bonds. The second-order valence-electron chi connectivity index (χ2n) is 5.75. The van der Waals surface area contributed by atoms with E-state index < -0.39 is 5.25 Å². The molecule has 2 N–H and O–H groups in total. The van der Waals surface area contributed by atoms with Crippen molar-refractivity contribution in [3.05, 3.63) is 59.1 Å². The van der Waals surface area contributed by atoms with Crippen molar-refractivity contribution in [2.45, 2.75) is 11.7 Å². The van der Waals surface area contributed by atoms with E-state index in [9.17, 15) is 9.59 Å². The lowest BCUT2D eigenvalue weighted by molar-refractivity contribution is -0.123. The van der Waals surface area contributed by atoms with Gasteiger partial charge in [-0.25, -0.2) is 0 Å². The number of amides is 2. The van der Waals surface area contributed by atoms with Gasteiger partial charge in [-0.1, -0.05) is 35.5 Å². The van der Waals surface area contributed by atoms with Crippen molar-refractivity contribution in [3.8, 4) is 5.75 Å². The number of halogens is 1. The number of amidine groups is 1. The lowest BCUT2D eigenvalue weighted by Gasteiger charge is -2.21. The maximum atomic E-state index is 12.5. The Hall–Kier alpha value is -2.84. The number of carbonyl (C=O) groups is 2. The fourth-order valence-corrected chi connectivity index (χ4v) is 3.47. The Morgan fingerprint density at radius 1 is 1.29 bits per heavy atom. The van der Waals surface area contributed by atoms with Gasteiger partial charge < -0.3 is 15.4 Å². The van der Waals surface area contributed by atoms with Gasteiger partial charge in [0.05, 0.1) is 24.0 Å². The Balaban J connectivity index is 1.65. The minimum atomic E-state index is -0.625. The first-order chi connectivity index (χ1) is 13.5. The molecule has 1 fully saturated rings. The van der Waals surface area contributed by atoms with Crippen LogP contribution in [0.4, 0.5) is 5.69 Å². The first-order valence-corrected chi connectivity index (χ1v) is 9.58. The van der Waals surface area contributed by atoms with Crippen LogP contribution in [0.2, 0.25) is 5.02 Å². The Morgan fingerprint density at radius 2 is 2.04 bits per heavy atom. The second-order valence-corrected chi connectivity index (χ2v) is 7.35. The zero-order valence-electron chi connectivity index (χ0n) is 14.9. The van der Waals surface area contributed by atoms with Gasteiger partial charge in [0.1, 0.15) is 11.0 Å². The van der Waals surface area contributed by atoms with Crippen LogP contribution in [0.5, 0.6) is 5.75 Å². The maximum Gasteiger partial charge on any atom is 0.238 e. The van der Waals surface area contributed by atoms with E-state index >= 15 is 0 Å². The molecule has 28 heavy (non-hydrogen) atoms. The first-order valence-electron chi connectivity index (χ1n) is 8.32. The van der Waals surface area contributed by atoms with Crippen LogP contribution in [-0.2, 0) is 9.59 Å². The monoisotopic (exact) mass is 416 g/mol. The first kappa shape index (κ1) is 19.9. The van der Waals surface area contributed by atoms with Gasteiger partial charge in [-0.15, -0.1) is 5.10 Å². The lowest BCUT2D eigenvalue weighted by Crippen LogP contribution is -2.41. The van der Waals surface area contributed by atoms with E-state index in [1.54, 1.807) is 49.7 Å². The van der Waals surface area contributed by atoms with Gasteiger partial charge in [0, 0.05) is 6.42 Å². The van der Waals surface area contributed by atoms with Crippen molar-refractivity contribution in [1.29, 1.82) is 0 Å². The standard InChI is InChI=1S/C19H17ClN4O3S/c1-27-13-8-6-12(7-9-13)11-21-24-19-23-17(25)10-16(28-19)18(26)22-15-5-3-2-4-14(15)20/h2-9,11,16H,10H2,1H3,(H,22,26)(H,23,24,25)/b21-11-/t16-/m0/s1. The molecule has 1 saturated heterocycles. The molecule has 1 aliphatic rings. The van der Waals surface area contributed by atoms with Crippen molar-refractivity contribution >= 4 is 52.2 Å². The van der Waals surface area contributed by atoms with Gasteiger partial charge in [0.2, 0.25) is 11.8 Å². The molecule has 1 atom stereocenters. The Kier molecular flexibility index (Phi) is 6.67. The Bertz CT molecular complexity index is 931. The summed E-state index contributed by atoms with van der Waals surface area (Å²) in [7, 11) is 1.59. The fourth-order valence-electron chi connectivity index (χ4n) is 2.35. The summed E-state index contributed by atoms with van der Waals surface area (Å²) in [5, 5.41) is 13.4. The van der Waals surface area contributed by atoms with Gasteiger partial charge >= 0.3 is 0 Å². The zero-order chi connectivity index (χ0) is 19.9. The molecule has 0 saturated carbocycles. The van der Waals surface area contributed by atoms with Crippen molar-refractivity contribution < 1.29 is 14.3 Å². The van der Waals surface area contributed by atoms with Crippen molar-refractivity contribution in [3.63, 3.8) is 0 Å². The SMILES string of the molecule is COc1ccc(/C=N\N=C2/NC(=O)C[C@@H](C(=O)Nc3ccccc3Cl)S2)cc1. The molecule has 0 aromatic heterocycles. The predicted molar refractivity (Wildman–Crippen MR) is 112 cm³/mol. The van der Waals surface area contributed by atoms with E-state index in [0.29, 0.717) is 10.7 Å². The highest BCUT2D eigenvalue weighted by Gasteiger charge is 2.30. The molecule has 1 heterocycles. The van der Waals surface area contributed by atoms with E-state index in [1.165, 1.54) is 0 Å². The lowest BCUT2D eigenvalue weighted by atomic mass is 10.2. The average Bonchev–Trinajstić information content (AvgIpc) is 2.70. The highest BCUT2D eigenvalue weighted by atomic mass is 35.5. The summed E-state index contributed by atoms with van der Waals surface area (Å²) in [4.78, 5) is 24.4. The Labute approximate surface area is 171 Å². The number of anilines is 1. The number of rotatable bonds is 5. The number of thioether (sulfide) groups is 1. The van der Waals surface area contributed by atoms with Crippen LogP contribution >= 0.6 is 23.4 Å². The van der Waals surface area contributed by atoms with Crippen LogP contribution in [0.25, 0.3) is 0 Å². The summed E-state index contributed by atoms with van der Waals surface area (Å²) in [6, 6.07) is 14.2. The van der Waals surface area contributed by atoms with E-state index in [1.807, 2.05) is 12.1 Å². The van der Waals surface area contributed by atoms with Crippen molar-refractivity contribution in [1.82, 2.24) is 5.32 Å². The third-order valence-electron chi connectivity index (χ3n) is 3.77. The van der Waals surface area contributed by atoms with Crippen molar-refractivity contribution in [2.75, 3.05) is 12.4 Å². The minimum Gasteiger partial charge on any atom is -0.497 e. The van der Waals surface area contributed by atoms with Crippen LogP contribution in [0.1, 0.15) is 12.0 Å². The number of carbonyl (C=O) groups excluding carboxylic acids is 2. The smallest absolute Gasteiger partial charge is 0.238 e. The molecular weight excluding hydrogens is 400 g/mol. The molecule has 1 aliphatic heterocycles. The van der Waals surface area contributed by atoms with Gasteiger partial charge in [-0.2, -0.15) is 5.10 Å². The van der Waals surface area contributed by atoms with Crippen LogP contribution in [0.15, 0.2) is 58.7 Å². The molecule has 7 nitrogen and oxygen atoms in total. The fraction of sp³-hybridized carbons (Fsp3) is 0.158. The number of benzene rings is 2. The van der Waals surface area contributed by atoms with Crippen molar-refractivity contribution in [2.24, 2.45) is 10.2 Å². The molecule has 0 bridgehead atoms. The predicted octanol–water partition coefficient (Wildman–Crippen LogP) is 3.30. The third kappa shape index (κ3) is 5.34. The molecule has 0 spiro atoms. The topological polar surface area (TPSA) is 92.2 Å². The molecule has 3 rings (SSSR count). The molecule has 2 aromatic rings. The van der Waals surface area contributed by atoms with E-state index in [0.717, 1.165) is 23.1 Å². The summed E-state index contributed by atoms with van der Waals surface area (Å²) in [6.07, 6.45) is 1.59. The molecule has 2 aromatic carbocycles. The zero-order valence-corrected chi connectivity index (χ0v) is 16.5. The number of nitrogens with zero attached hydrogens (tertiary/aromatic N) is 2. The van der Waals surface area contributed by atoms with Gasteiger partial charge in [-0.3, -0.25) is 9.59 Å². The van der Waals surface area contributed by atoms with Crippen LogP contribution in [-0.4, -0.2) is 35.6 Å². The number of methoxy groups -OCH3 is 1.